The third-order valence-corrected chi connectivity index (χ3v) is 5.41. The van der Waals surface area contributed by atoms with Crippen molar-refractivity contribution in [2.75, 3.05) is 29.9 Å². The van der Waals surface area contributed by atoms with Crippen LogP contribution in [-0.4, -0.2) is 45.9 Å². The van der Waals surface area contributed by atoms with E-state index in [1.165, 1.54) is 12.8 Å². The quantitative estimate of drug-likeness (QED) is 0.607. The Kier molecular flexibility index (Phi) is 5.10. The summed E-state index contributed by atoms with van der Waals surface area (Å²) in [6, 6.07) is 13.3. The van der Waals surface area contributed by atoms with Gasteiger partial charge in [-0.15, -0.1) is 0 Å². The van der Waals surface area contributed by atoms with Gasteiger partial charge in [0.05, 0.1) is 24.0 Å². The summed E-state index contributed by atoms with van der Waals surface area (Å²) in [5, 5.41) is 22.2. The summed E-state index contributed by atoms with van der Waals surface area (Å²) < 4.78 is 5.80. The number of aromatic nitrogens is 3. The van der Waals surface area contributed by atoms with E-state index in [4.69, 9.17) is 4.74 Å². The summed E-state index contributed by atoms with van der Waals surface area (Å²) in [5.41, 5.74) is 2.85. The zero-order valence-corrected chi connectivity index (χ0v) is 16.9. The van der Waals surface area contributed by atoms with E-state index >= 15 is 0 Å². The first kappa shape index (κ1) is 19.3. The molecule has 3 heterocycles. The van der Waals surface area contributed by atoms with Gasteiger partial charge in [-0.25, -0.2) is 15.0 Å². The summed E-state index contributed by atoms with van der Waals surface area (Å²) in [6.45, 7) is 1.84. The highest BCUT2D eigenvalue weighted by Gasteiger charge is 2.25. The Morgan fingerprint density at radius 3 is 2.74 bits per heavy atom. The molecule has 1 aromatic carbocycles. The average Bonchev–Trinajstić information content (AvgIpc) is 3.60. The van der Waals surface area contributed by atoms with Crippen LogP contribution in [0.4, 0.5) is 17.5 Å². The van der Waals surface area contributed by atoms with Crippen molar-refractivity contribution in [3.8, 4) is 23.1 Å². The summed E-state index contributed by atoms with van der Waals surface area (Å²) in [4.78, 5) is 15.3. The van der Waals surface area contributed by atoms with Crippen molar-refractivity contribution in [3.05, 3.63) is 54.4 Å². The zero-order chi connectivity index (χ0) is 21.2. The molecule has 2 aliphatic rings. The number of aliphatic hydroxyl groups excluding tert-OH is 1. The molecule has 31 heavy (non-hydrogen) atoms. The molecule has 156 valence electrons. The average molecular weight is 414 g/mol. The maximum absolute atomic E-state index is 9.53. The fourth-order valence-electron chi connectivity index (χ4n) is 3.41. The number of nitrogens with zero attached hydrogens (tertiary/aromatic N) is 5. The standard InChI is InChI=1S/C23H22N6O2/c24-11-17-9-16(3-4-21(17)31-14-15-1-2-15)20-6-8-26-23(28-20)27-18-5-7-25-22(10-18)29-12-19(30)13-29/h3-10,15,19,30H,1-2,12-14H2,(H,25,26,27,28). The highest BCUT2D eigenvalue weighted by molar-refractivity contribution is 5.66. The SMILES string of the molecule is N#Cc1cc(-c2ccnc(Nc3ccnc(N4CC(O)C4)c3)n2)ccc1OCC1CC1. The van der Waals surface area contributed by atoms with Gasteiger partial charge in [-0.1, -0.05) is 0 Å². The maximum atomic E-state index is 9.53. The Hall–Kier alpha value is -3.70. The van der Waals surface area contributed by atoms with E-state index in [0.717, 1.165) is 17.1 Å². The lowest BCUT2D eigenvalue weighted by atomic mass is 10.1. The van der Waals surface area contributed by atoms with E-state index in [2.05, 4.69) is 26.3 Å². The second-order valence-corrected chi connectivity index (χ2v) is 7.93. The first-order valence-corrected chi connectivity index (χ1v) is 10.3. The number of nitrogens with one attached hydrogen (secondary N) is 1. The molecule has 5 rings (SSSR count). The fraction of sp³-hybridized carbons (Fsp3) is 0.304. The number of aliphatic hydroxyl groups is 1. The maximum Gasteiger partial charge on any atom is 0.227 e. The van der Waals surface area contributed by atoms with E-state index in [1.807, 2.05) is 35.2 Å². The van der Waals surface area contributed by atoms with Crippen LogP contribution in [0.3, 0.4) is 0 Å². The van der Waals surface area contributed by atoms with Crippen molar-refractivity contribution >= 4 is 17.5 Å². The van der Waals surface area contributed by atoms with E-state index in [0.29, 0.717) is 48.6 Å². The highest BCUT2D eigenvalue weighted by Crippen LogP contribution is 2.31. The molecule has 8 heteroatoms. The van der Waals surface area contributed by atoms with Crippen molar-refractivity contribution in [2.45, 2.75) is 18.9 Å². The highest BCUT2D eigenvalue weighted by atomic mass is 16.5. The molecule has 0 spiro atoms. The molecule has 0 bridgehead atoms. The molecule has 0 amide bonds. The molecule has 1 aliphatic carbocycles. The second kappa shape index (κ2) is 8.20. The molecular weight excluding hydrogens is 392 g/mol. The molecule has 0 atom stereocenters. The van der Waals surface area contributed by atoms with Gasteiger partial charge >= 0.3 is 0 Å². The molecular formula is C23H22N6O2. The minimum absolute atomic E-state index is 0.290. The third kappa shape index (κ3) is 4.42. The van der Waals surface area contributed by atoms with Gasteiger partial charge in [0, 0.05) is 42.8 Å². The van der Waals surface area contributed by atoms with Gasteiger partial charge in [0.2, 0.25) is 5.95 Å². The Morgan fingerprint density at radius 1 is 1.13 bits per heavy atom. The third-order valence-electron chi connectivity index (χ3n) is 5.41. The van der Waals surface area contributed by atoms with E-state index in [1.54, 1.807) is 18.5 Å². The number of nitriles is 1. The lowest BCUT2D eigenvalue weighted by Gasteiger charge is -2.36. The van der Waals surface area contributed by atoms with Gasteiger partial charge < -0.3 is 20.1 Å². The van der Waals surface area contributed by atoms with Crippen LogP contribution in [0, 0.1) is 17.2 Å². The summed E-state index contributed by atoms with van der Waals surface area (Å²) in [6.07, 6.45) is 5.52. The van der Waals surface area contributed by atoms with Crippen LogP contribution < -0.4 is 15.0 Å². The predicted octanol–water partition coefficient (Wildman–Crippen LogP) is 3.12. The monoisotopic (exact) mass is 414 g/mol. The lowest BCUT2D eigenvalue weighted by molar-refractivity contribution is 0.141. The van der Waals surface area contributed by atoms with Gasteiger partial charge in [0.15, 0.2) is 0 Å². The number of hydrogen-bond acceptors (Lipinski definition) is 8. The molecule has 1 aliphatic heterocycles. The fourth-order valence-corrected chi connectivity index (χ4v) is 3.41. The van der Waals surface area contributed by atoms with E-state index in [9.17, 15) is 10.4 Å². The molecule has 1 saturated heterocycles. The van der Waals surface area contributed by atoms with Crippen LogP contribution >= 0.6 is 0 Å². The largest absolute Gasteiger partial charge is 0.492 e. The van der Waals surface area contributed by atoms with Gasteiger partial charge in [-0.05, 0) is 49.1 Å². The Labute approximate surface area is 180 Å². The number of β-amino-alcohol motifs (C(OH)–C–C–N with tert-alkyl or cyclic N) is 1. The molecule has 3 aromatic rings. The van der Waals surface area contributed by atoms with Gasteiger partial charge in [0.1, 0.15) is 17.6 Å². The normalized spacial score (nSPS) is 15.8. The van der Waals surface area contributed by atoms with Crippen molar-refractivity contribution in [1.29, 1.82) is 5.26 Å². The molecule has 2 N–H and O–H groups in total. The summed E-state index contributed by atoms with van der Waals surface area (Å²) in [7, 11) is 0. The molecule has 2 fully saturated rings. The first-order valence-electron chi connectivity index (χ1n) is 10.3. The molecule has 0 radical (unpaired) electrons. The number of rotatable bonds is 7. The number of pyridine rings is 1. The number of anilines is 3. The summed E-state index contributed by atoms with van der Waals surface area (Å²) in [5.74, 6) is 2.49. The Balaban J connectivity index is 1.33. The zero-order valence-electron chi connectivity index (χ0n) is 16.9. The molecule has 2 aromatic heterocycles. The number of ether oxygens (including phenoxy) is 1. The van der Waals surface area contributed by atoms with Crippen LogP contribution in [0.25, 0.3) is 11.3 Å². The van der Waals surface area contributed by atoms with Gasteiger partial charge in [-0.3, -0.25) is 0 Å². The Bertz CT molecular complexity index is 1130. The minimum Gasteiger partial charge on any atom is -0.492 e. The van der Waals surface area contributed by atoms with Crippen LogP contribution in [0.5, 0.6) is 5.75 Å². The Morgan fingerprint density at radius 2 is 1.97 bits per heavy atom. The van der Waals surface area contributed by atoms with Crippen molar-refractivity contribution in [3.63, 3.8) is 0 Å². The number of benzene rings is 1. The van der Waals surface area contributed by atoms with E-state index in [-0.39, 0.29) is 6.10 Å². The van der Waals surface area contributed by atoms with Crippen LogP contribution in [0.15, 0.2) is 48.8 Å². The first-order chi connectivity index (χ1) is 15.2. The van der Waals surface area contributed by atoms with Gasteiger partial charge in [0.25, 0.3) is 0 Å². The van der Waals surface area contributed by atoms with Crippen LogP contribution in [-0.2, 0) is 0 Å². The summed E-state index contributed by atoms with van der Waals surface area (Å²) >= 11 is 0. The van der Waals surface area contributed by atoms with Crippen molar-refractivity contribution < 1.29 is 9.84 Å². The van der Waals surface area contributed by atoms with E-state index < -0.39 is 0 Å². The van der Waals surface area contributed by atoms with Gasteiger partial charge in [-0.2, -0.15) is 5.26 Å². The lowest BCUT2D eigenvalue weighted by Crippen LogP contribution is -2.51. The predicted molar refractivity (Wildman–Crippen MR) is 116 cm³/mol. The van der Waals surface area contributed by atoms with Crippen LogP contribution in [0.1, 0.15) is 18.4 Å². The number of hydrogen-bond donors (Lipinski definition) is 2. The molecule has 8 nitrogen and oxygen atoms in total. The topological polar surface area (TPSA) is 107 Å². The smallest absolute Gasteiger partial charge is 0.227 e. The molecule has 1 saturated carbocycles. The van der Waals surface area contributed by atoms with Crippen LogP contribution in [0.2, 0.25) is 0 Å². The second-order valence-electron chi connectivity index (χ2n) is 7.93. The van der Waals surface area contributed by atoms with Crippen molar-refractivity contribution in [2.24, 2.45) is 5.92 Å². The minimum atomic E-state index is -0.290. The molecule has 0 unspecified atom stereocenters. The van der Waals surface area contributed by atoms with Crippen molar-refractivity contribution in [1.82, 2.24) is 15.0 Å².